The van der Waals surface area contributed by atoms with Gasteiger partial charge >= 0.3 is 6.18 Å². The molecule has 0 spiro atoms. The smallest absolute Gasteiger partial charge is 0.356 e. The molecule has 21 heavy (non-hydrogen) atoms. The third-order valence-electron chi connectivity index (χ3n) is 3.29. The molecule has 1 aromatic rings. The second-order valence-electron chi connectivity index (χ2n) is 5.14. The molecule has 8 heteroatoms. The van der Waals surface area contributed by atoms with Crippen LogP contribution in [-0.2, 0) is 17.5 Å². The molecule has 0 bridgehead atoms. The number of nitrogens with zero attached hydrogens (tertiary/aromatic N) is 2. The summed E-state index contributed by atoms with van der Waals surface area (Å²) in [5.74, 6) is -0.168. The zero-order valence-corrected chi connectivity index (χ0v) is 12.4. The van der Waals surface area contributed by atoms with Gasteiger partial charge in [0, 0.05) is 18.9 Å². The van der Waals surface area contributed by atoms with Gasteiger partial charge < -0.3 is 5.32 Å². The average Bonchev–Trinajstić information content (AvgIpc) is 3.17. The minimum atomic E-state index is -4.57. The molecule has 1 heterocycles. The van der Waals surface area contributed by atoms with E-state index in [2.05, 4.69) is 10.4 Å². The minimum Gasteiger partial charge on any atom is -0.356 e. The average molecular weight is 324 g/mol. The van der Waals surface area contributed by atoms with Crippen molar-refractivity contribution in [3.05, 3.63) is 16.4 Å². The van der Waals surface area contributed by atoms with Gasteiger partial charge in [-0.05, 0) is 19.3 Å². The first-order valence-electron chi connectivity index (χ1n) is 6.94. The first-order valence-corrected chi connectivity index (χ1v) is 7.32. The number of aromatic nitrogens is 2. The molecular weight excluding hydrogens is 307 g/mol. The van der Waals surface area contributed by atoms with Crippen molar-refractivity contribution in [2.24, 2.45) is 0 Å². The van der Waals surface area contributed by atoms with Crippen molar-refractivity contribution in [1.82, 2.24) is 15.1 Å². The molecule has 1 aliphatic carbocycles. The number of alkyl halides is 3. The van der Waals surface area contributed by atoms with Crippen LogP contribution in [0.4, 0.5) is 13.2 Å². The van der Waals surface area contributed by atoms with E-state index in [0.29, 0.717) is 12.2 Å². The maximum atomic E-state index is 12.9. The topological polar surface area (TPSA) is 46.9 Å². The van der Waals surface area contributed by atoms with Crippen LogP contribution in [-0.4, -0.2) is 22.2 Å². The Bertz CT molecular complexity index is 523. The van der Waals surface area contributed by atoms with Crippen molar-refractivity contribution in [2.45, 2.75) is 51.2 Å². The summed E-state index contributed by atoms with van der Waals surface area (Å²) in [6.07, 6.45) is -2.05. The highest BCUT2D eigenvalue weighted by Gasteiger charge is 2.41. The van der Waals surface area contributed by atoms with Gasteiger partial charge in [-0.2, -0.15) is 18.3 Å². The monoisotopic (exact) mass is 323 g/mol. The van der Waals surface area contributed by atoms with Crippen molar-refractivity contribution in [3.63, 3.8) is 0 Å². The van der Waals surface area contributed by atoms with Crippen LogP contribution in [0.5, 0.6) is 0 Å². The molecule has 0 aromatic carbocycles. The van der Waals surface area contributed by atoms with Crippen LogP contribution < -0.4 is 5.32 Å². The second kappa shape index (κ2) is 6.25. The number of hydrogen-bond acceptors (Lipinski definition) is 2. The quantitative estimate of drug-likeness (QED) is 0.872. The normalized spacial score (nSPS) is 15.3. The lowest BCUT2D eigenvalue weighted by Gasteiger charge is -2.07. The highest BCUT2D eigenvalue weighted by molar-refractivity contribution is 6.32. The third-order valence-corrected chi connectivity index (χ3v) is 3.66. The molecule has 4 nitrogen and oxygen atoms in total. The number of nitrogens with one attached hydrogen (secondary N) is 1. The Balaban J connectivity index is 2.13. The van der Waals surface area contributed by atoms with Gasteiger partial charge in [0.2, 0.25) is 5.91 Å². The second-order valence-corrected chi connectivity index (χ2v) is 5.52. The Hall–Kier alpha value is -1.24. The van der Waals surface area contributed by atoms with Crippen molar-refractivity contribution in [1.29, 1.82) is 0 Å². The van der Waals surface area contributed by atoms with Gasteiger partial charge in [0.15, 0.2) is 5.69 Å². The zero-order chi connectivity index (χ0) is 15.6. The molecule has 0 unspecified atom stereocenters. The minimum absolute atomic E-state index is 0.0276. The molecule has 0 saturated heterocycles. The van der Waals surface area contributed by atoms with Gasteiger partial charge in [-0.15, -0.1) is 0 Å². The summed E-state index contributed by atoms with van der Waals surface area (Å²) >= 11 is 5.84. The van der Waals surface area contributed by atoms with E-state index in [9.17, 15) is 18.0 Å². The van der Waals surface area contributed by atoms with Crippen molar-refractivity contribution in [2.75, 3.05) is 6.54 Å². The van der Waals surface area contributed by atoms with Crippen molar-refractivity contribution in [3.8, 4) is 0 Å². The summed E-state index contributed by atoms with van der Waals surface area (Å²) in [5.41, 5.74) is -0.646. The molecule has 1 aromatic heterocycles. The van der Waals surface area contributed by atoms with Crippen LogP contribution in [0.25, 0.3) is 0 Å². The number of carbonyl (C=O) groups is 1. The first kappa shape index (κ1) is 16.1. The Morgan fingerprint density at radius 1 is 1.48 bits per heavy atom. The summed E-state index contributed by atoms with van der Waals surface area (Å²) in [6, 6.07) is 0. The predicted octanol–water partition coefficient (Wildman–Crippen LogP) is 3.35. The number of amides is 1. The number of hydrogen-bond donors (Lipinski definition) is 1. The van der Waals surface area contributed by atoms with Crippen LogP contribution in [0.1, 0.15) is 49.9 Å². The van der Waals surface area contributed by atoms with Crippen LogP contribution in [0.2, 0.25) is 5.02 Å². The molecule has 1 fully saturated rings. The van der Waals surface area contributed by atoms with Crippen LogP contribution in [0, 0.1) is 0 Å². The lowest BCUT2D eigenvalue weighted by molar-refractivity contribution is -0.141. The molecule has 2 rings (SSSR count). The van der Waals surface area contributed by atoms with E-state index in [0.717, 1.165) is 19.3 Å². The van der Waals surface area contributed by atoms with E-state index >= 15 is 0 Å². The number of aryl methyl sites for hydroxylation is 1. The van der Waals surface area contributed by atoms with Gasteiger partial charge in [-0.1, -0.05) is 18.5 Å². The summed E-state index contributed by atoms with van der Waals surface area (Å²) in [7, 11) is 0. The van der Waals surface area contributed by atoms with Gasteiger partial charge in [0.1, 0.15) is 0 Å². The summed E-state index contributed by atoms with van der Waals surface area (Å²) in [5, 5.41) is 5.94. The molecule has 118 valence electrons. The fraction of sp³-hybridized carbons (Fsp3) is 0.692. The maximum absolute atomic E-state index is 12.9. The highest BCUT2D eigenvalue weighted by atomic mass is 35.5. The maximum Gasteiger partial charge on any atom is 0.436 e. The van der Waals surface area contributed by atoms with Gasteiger partial charge in [-0.25, -0.2) is 0 Å². The van der Waals surface area contributed by atoms with Gasteiger partial charge in [-0.3, -0.25) is 9.48 Å². The number of carbonyl (C=O) groups excluding carboxylic acids is 1. The van der Waals surface area contributed by atoms with Crippen molar-refractivity contribution < 1.29 is 18.0 Å². The predicted molar refractivity (Wildman–Crippen MR) is 72.1 cm³/mol. The fourth-order valence-electron chi connectivity index (χ4n) is 2.11. The molecule has 0 aliphatic heterocycles. The molecular formula is C13H17ClF3N3O. The van der Waals surface area contributed by atoms with E-state index in [-0.39, 0.29) is 29.8 Å². The zero-order valence-electron chi connectivity index (χ0n) is 11.6. The molecule has 1 amide bonds. The molecule has 0 atom stereocenters. The Kier molecular flexibility index (Phi) is 4.81. The third kappa shape index (κ3) is 3.90. The van der Waals surface area contributed by atoms with E-state index < -0.39 is 11.9 Å². The first-order chi connectivity index (χ1) is 9.84. The number of halogens is 4. The largest absolute Gasteiger partial charge is 0.436 e. The Morgan fingerprint density at radius 3 is 2.67 bits per heavy atom. The molecule has 0 radical (unpaired) electrons. The molecule has 1 N–H and O–H groups in total. The summed E-state index contributed by atoms with van der Waals surface area (Å²) < 4.78 is 39.8. The van der Waals surface area contributed by atoms with Crippen LogP contribution in [0.3, 0.4) is 0 Å². The lowest BCUT2D eigenvalue weighted by Crippen LogP contribution is -2.25. The highest BCUT2D eigenvalue weighted by Crippen LogP contribution is 2.46. The van der Waals surface area contributed by atoms with Crippen LogP contribution in [0.15, 0.2) is 0 Å². The van der Waals surface area contributed by atoms with Gasteiger partial charge in [0.05, 0.1) is 17.3 Å². The van der Waals surface area contributed by atoms with E-state index in [1.807, 2.05) is 6.92 Å². The van der Waals surface area contributed by atoms with Crippen LogP contribution >= 0.6 is 11.6 Å². The molecule has 1 saturated carbocycles. The van der Waals surface area contributed by atoms with Gasteiger partial charge in [0.25, 0.3) is 0 Å². The van der Waals surface area contributed by atoms with E-state index in [4.69, 9.17) is 11.6 Å². The fourth-order valence-corrected chi connectivity index (χ4v) is 2.51. The Morgan fingerprint density at radius 2 is 2.14 bits per heavy atom. The summed E-state index contributed by atoms with van der Waals surface area (Å²) in [6.45, 7) is 2.59. The van der Waals surface area contributed by atoms with Crippen molar-refractivity contribution >= 4 is 17.5 Å². The standard InChI is InChI=1S/C13H17ClF3N3O/c1-2-6-18-9(21)5-7-20-11(8-3-4-8)10(14)12(19-20)13(15,16)17/h8H,2-7H2,1H3,(H,18,21). The lowest BCUT2D eigenvalue weighted by atomic mass is 10.2. The SMILES string of the molecule is CCCNC(=O)CCn1nc(C(F)(F)F)c(Cl)c1C1CC1. The Labute approximate surface area is 125 Å². The summed E-state index contributed by atoms with van der Waals surface area (Å²) in [4.78, 5) is 11.6. The number of rotatable bonds is 6. The van der Waals surface area contributed by atoms with E-state index in [1.165, 1.54) is 4.68 Å². The molecule has 1 aliphatic rings. The van der Waals surface area contributed by atoms with E-state index in [1.54, 1.807) is 0 Å².